The third-order valence-electron chi connectivity index (χ3n) is 4.06. The van der Waals surface area contributed by atoms with Crippen LogP contribution in [0.15, 0.2) is 0 Å². The summed E-state index contributed by atoms with van der Waals surface area (Å²) in [4.78, 5) is 14.8. The van der Waals surface area contributed by atoms with E-state index in [1.54, 1.807) is 0 Å². The number of likely N-dealkylation sites (tertiary alicyclic amines) is 1. The number of carbonyl (C=O) groups excluding carboxylic acids is 1. The van der Waals surface area contributed by atoms with E-state index in [1.165, 1.54) is 0 Å². The van der Waals surface area contributed by atoms with Crippen LogP contribution < -0.4 is 11.1 Å². The van der Waals surface area contributed by atoms with Gasteiger partial charge in [0.05, 0.1) is 5.41 Å². The largest absolute Gasteiger partial charge is 0.352 e. The van der Waals surface area contributed by atoms with Crippen molar-refractivity contribution in [2.24, 2.45) is 11.1 Å². The predicted octanol–water partition coefficient (Wildman–Crippen LogP) is 1.35. The Kier molecular flexibility index (Phi) is 6.09. The highest BCUT2D eigenvalue weighted by Crippen LogP contribution is 2.29. The van der Waals surface area contributed by atoms with E-state index >= 15 is 0 Å². The standard InChI is InChI=1S/C14H29N3O/c1-4-7-14(11-15,8-5-2)13(18)16-12-6-9-17(3)10-12/h12H,4-11,15H2,1-3H3,(H,16,18). The van der Waals surface area contributed by atoms with Crippen molar-refractivity contribution >= 4 is 5.91 Å². The van der Waals surface area contributed by atoms with Crippen LogP contribution in [0.3, 0.4) is 0 Å². The van der Waals surface area contributed by atoms with Crippen LogP contribution in [-0.2, 0) is 4.79 Å². The average molecular weight is 255 g/mol. The Morgan fingerprint density at radius 2 is 2.00 bits per heavy atom. The van der Waals surface area contributed by atoms with Gasteiger partial charge in [0.1, 0.15) is 0 Å². The number of hydrogen-bond donors (Lipinski definition) is 2. The first-order valence-electron chi connectivity index (χ1n) is 7.27. The van der Waals surface area contributed by atoms with E-state index in [-0.39, 0.29) is 11.3 Å². The van der Waals surface area contributed by atoms with Crippen molar-refractivity contribution < 1.29 is 4.79 Å². The van der Waals surface area contributed by atoms with Gasteiger partial charge in [0, 0.05) is 19.1 Å². The van der Waals surface area contributed by atoms with Gasteiger partial charge in [0.15, 0.2) is 0 Å². The molecule has 1 aliphatic rings. The summed E-state index contributed by atoms with van der Waals surface area (Å²) in [7, 11) is 2.10. The molecule has 0 radical (unpaired) electrons. The zero-order valence-corrected chi connectivity index (χ0v) is 12.2. The number of rotatable bonds is 7. The molecule has 1 aliphatic heterocycles. The van der Waals surface area contributed by atoms with Gasteiger partial charge in [-0.1, -0.05) is 26.7 Å². The Balaban J connectivity index is 2.63. The van der Waals surface area contributed by atoms with Crippen molar-refractivity contribution in [3.05, 3.63) is 0 Å². The fraction of sp³-hybridized carbons (Fsp3) is 0.929. The van der Waals surface area contributed by atoms with Gasteiger partial charge in [-0.15, -0.1) is 0 Å². The average Bonchev–Trinajstić information content (AvgIpc) is 2.74. The summed E-state index contributed by atoms with van der Waals surface area (Å²) in [5.41, 5.74) is 5.57. The lowest BCUT2D eigenvalue weighted by atomic mass is 9.78. The molecular formula is C14H29N3O. The van der Waals surface area contributed by atoms with Crippen molar-refractivity contribution in [3.8, 4) is 0 Å². The molecule has 3 N–H and O–H groups in total. The van der Waals surface area contributed by atoms with Crippen molar-refractivity contribution in [2.45, 2.75) is 52.0 Å². The third kappa shape index (κ3) is 3.69. The highest BCUT2D eigenvalue weighted by Gasteiger charge is 2.36. The molecule has 1 fully saturated rings. The van der Waals surface area contributed by atoms with Crippen LogP contribution in [0, 0.1) is 5.41 Å². The SMILES string of the molecule is CCCC(CN)(CCC)C(=O)NC1CCN(C)C1. The number of nitrogens with one attached hydrogen (secondary N) is 1. The first kappa shape index (κ1) is 15.4. The van der Waals surface area contributed by atoms with E-state index < -0.39 is 0 Å². The van der Waals surface area contributed by atoms with E-state index in [2.05, 4.69) is 31.1 Å². The molecule has 0 aliphatic carbocycles. The summed E-state index contributed by atoms with van der Waals surface area (Å²) in [5, 5.41) is 3.21. The summed E-state index contributed by atoms with van der Waals surface area (Å²) < 4.78 is 0. The van der Waals surface area contributed by atoms with Gasteiger partial charge in [-0.05, 0) is 32.9 Å². The third-order valence-corrected chi connectivity index (χ3v) is 4.06. The molecule has 18 heavy (non-hydrogen) atoms. The van der Waals surface area contributed by atoms with E-state index in [9.17, 15) is 4.79 Å². The number of amides is 1. The topological polar surface area (TPSA) is 58.4 Å². The molecule has 0 saturated carbocycles. The summed E-state index contributed by atoms with van der Waals surface area (Å²) in [6.07, 6.45) is 4.86. The Hall–Kier alpha value is -0.610. The number of nitrogens with two attached hydrogens (primary N) is 1. The van der Waals surface area contributed by atoms with E-state index in [0.29, 0.717) is 12.6 Å². The smallest absolute Gasteiger partial charge is 0.227 e. The molecule has 0 aromatic rings. The minimum atomic E-state index is -0.343. The molecule has 0 aromatic carbocycles. The van der Waals surface area contributed by atoms with Crippen LogP contribution in [0.1, 0.15) is 46.0 Å². The second-order valence-electron chi connectivity index (χ2n) is 5.71. The van der Waals surface area contributed by atoms with E-state index in [0.717, 1.165) is 45.2 Å². The van der Waals surface area contributed by atoms with Crippen LogP contribution in [0.2, 0.25) is 0 Å². The summed E-state index contributed by atoms with van der Waals surface area (Å²) in [6.45, 7) is 6.74. The fourth-order valence-electron chi connectivity index (χ4n) is 3.00. The van der Waals surface area contributed by atoms with Crippen molar-refractivity contribution in [3.63, 3.8) is 0 Å². The number of likely N-dealkylation sites (N-methyl/N-ethyl adjacent to an activating group) is 1. The second-order valence-corrected chi connectivity index (χ2v) is 5.71. The normalized spacial score (nSPS) is 21.2. The van der Waals surface area contributed by atoms with Gasteiger partial charge < -0.3 is 16.0 Å². The molecule has 1 saturated heterocycles. The molecule has 4 heteroatoms. The molecule has 0 aromatic heterocycles. The fourth-order valence-corrected chi connectivity index (χ4v) is 3.00. The quantitative estimate of drug-likeness (QED) is 0.722. The van der Waals surface area contributed by atoms with Crippen molar-refractivity contribution in [1.82, 2.24) is 10.2 Å². The molecule has 106 valence electrons. The molecule has 1 heterocycles. The highest BCUT2D eigenvalue weighted by atomic mass is 16.2. The Morgan fingerprint density at radius 3 is 2.39 bits per heavy atom. The summed E-state index contributed by atoms with van der Waals surface area (Å²) in [5.74, 6) is 0.175. The van der Waals surface area contributed by atoms with Crippen LogP contribution in [0.5, 0.6) is 0 Å². The minimum absolute atomic E-state index is 0.175. The van der Waals surface area contributed by atoms with Crippen LogP contribution in [0.25, 0.3) is 0 Å². The Labute approximate surface area is 111 Å². The maximum atomic E-state index is 12.5. The van der Waals surface area contributed by atoms with Gasteiger partial charge >= 0.3 is 0 Å². The molecule has 4 nitrogen and oxygen atoms in total. The monoisotopic (exact) mass is 255 g/mol. The first-order valence-corrected chi connectivity index (χ1v) is 7.27. The van der Waals surface area contributed by atoms with Gasteiger partial charge in [0.25, 0.3) is 0 Å². The van der Waals surface area contributed by atoms with E-state index in [4.69, 9.17) is 5.73 Å². The number of hydrogen-bond acceptors (Lipinski definition) is 3. The number of nitrogens with zero attached hydrogens (tertiary/aromatic N) is 1. The molecule has 1 amide bonds. The molecule has 1 rings (SSSR count). The second kappa shape index (κ2) is 7.10. The maximum absolute atomic E-state index is 12.5. The minimum Gasteiger partial charge on any atom is -0.352 e. The lowest BCUT2D eigenvalue weighted by Crippen LogP contribution is -2.49. The molecule has 1 unspecified atom stereocenters. The zero-order chi connectivity index (χ0) is 13.6. The Morgan fingerprint density at radius 1 is 1.39 bits per heavy atom. The van der Waals surface area contributed by atoms with Gasteiger partial charge in [-0.3, -0.25) is 4.79 Å². The molecular weight excluding hydrogens is 226 g/mol. The number of carbonyl (C=O) groups is 1. The van der Waals surface area contributed by atoms with Gasteiger partial charge in [-0.25, -0.2) is 0 Å². The van der Waals surface area contributed by atoms with Gasteiger partial charge in [0.2, 0.25) is 5.91 Å². The van der Waals surface area contributed by atoms with Crippen LogP contribution >= 0.6 is 0 Å². The predicted molar refractivity (Wildman–Crippen MR) is 75.3 cm³/mol. The maximum Gasteiger partial charge on any atom is 0.227 e. The van der Waals surface area contributed by atoms with Crippen LogP contribution in [-0.4, -0.2) is 43.5 Å². The first-order chi connectivity index (χ1) is 8.57. The van der Waals surface area contributed by atoms with Crippen molar-refractivity contribution in [1.29, 1.82) is 0 Å². The lowest BCUT2D eigenvalue weighted by Gasteiger charge is -2.32. The molecule has 1 atom stereocenters. The van der Waals surface area contributed by atoms with Gasteiger partial charge in [-0.2, -0.15) is 0 Å². The molecule has 0 spiro atoms. The Bertz CT molecular complexity index is 262. The molecule has 0 bridgehead atoms. The highest BCUT2D eigenvalue weighted by molar-refractivity contribution is 5.83. The zero-order valence-electron chi connectivity index (χ0n) is 12.2. The van der Waals surface area contributed by atoms with E-state index in [1.807, 2.05) is 0 Å². The lowest BCUT2D eigenvalue weighted by molar-refractivity contribution is -0.132. The summed E-state index contributed by atoms with van der Waals surface area (Å²) in [6, 6.07) is 0.308. The summed E-state index contributed by atoms with van der Waals surface area (Å²) >= 11 is 0. The van der Waals surface area contributed by atoms with Crippen LogP contribution in [0.4, 0.5) is 0 Å². The van der Waals surface area contributed by atoms with Crippen molar-refractivity contribution in [2.75, 3.05) is 26.7 Å².